The van der Waals surface area contributed by atoms with Crippen LogP contribution >= 0.6 is 0 Å². The second-order valence-corrected chi connectivity index (χ2v) is 5.49. The van der Waals surface area contributed by atoms with Crippen molar-refractivity contribution in [3.05, 3.63) is 24.3 Å². The minimum atomic E-state index is 0.0781. The van der Waals surface area contributed by atoms with E-state index in [1.807, 2.05) is 29.2 Å². The maximum absolute atomic E-state index is 12.5. The monoisotopic (exact) mass is 275 g/mol. The molecule has 2 amide bonds. The number of hydrogen-bond donors (Lipinski definition) is 1. The molecule has 0 bridgehead atoms. The summed E-state index contributed by atoms with van der Waals surface area (Å²) >= 11 is 0. The summed E-state index contributed by atoms with van der Waals surface area (Å²) in [7, 11) is 0. The highest BCUT2D eigenvalue weighted by atomic mass is 16.5. The van der Waals surface area contributed by atoms with Crippen LogP contribution in [0.5, 0.6) is 0 Å². The highest BCUT2D eigenvalue weighted by Gasteiger charge is 2.32. The molecule has 0 unspecified atom stereocenters. The molecule has 2 heterocycles. The average molecular weight is 275 g/mol. The number of rotatable bonds is 3. The van der Waals surface area contributed by atoms with Crippen LogP contribution in [0.4, 0.5) is 16.2 Å². The first-order valence-corrected chi connectivity index (χ1v) is 7.24. The molecule has 1 aromatic rings. The molecule has 2 saturated heterocycles. The number of para-hydroxylation sites is 2. The topological polar surface area (TPSA) is 58.8 Å². The second-order valence-electron chi connectivity index (χ2n) is 5.49. The molecule has 108 valence electrons. The Hall–Kier alpha value is -1.75. The normalized spacial score (nSPS) is 20.7. The molecule has 2 aliphatic heterocycles. The van der Waals surface area contributed by atoms with Crippen molar-refractivity contribution in [2.45, 2.75) is 12.8 Å². The van der Waals surface area contributed by atoms with Gasteiger partial charge in [0, 0.05) is 32.8 Å². The van der Waals surface area contributed by atoms with Gasteiger partial charge in [-0.2, -0.15) is 0 Å². The third-order valence-electron chi connectivity index (χ3n) is 4.14. The number of anilines is 2. The van der Waals surface area contributed by atoms with Gasteiger partial charge in [-0.15, -0.1) is 0 Å². The predicted molar refractivity (Wildman–Crippen MR) is 78.7 cm³/mol. The summed E-state index contributed by atoms with van der Waals surface area (Å²) in [6.45, 7) is 3.98. The molecule has 2 aliphatic rings. The number of nitrogens with two attached hydrogens (primary N) is 1. The van der Waals surface area contributed by atoms with Gasteiger partial charge in [0.15, 0.2) is 0 Å². The lowest BCUT2D eigenvalue weighted by molar-refractivity contribution is 0.0584. The van der Waals surface area contributed by atoms with E-state index in [-0.39, 0.29) is 6.03 Å². The number of ether oxygens (including phenoxy) is 1. The zero-order valence-corrected chi connectivity index (χ0v) is 11.6. The van der Waals surface area contributed by atoms with E-state index in [2.05, 4.69) is 0 Å². The minimum Gasteiger partial charge on any atom is -0.397 e. The summed E-state index contributed by atoms with van der Waals surface area (Å²) < 4.78 is 5.37. The molecule has 0 saturated carbocycles. The van der Waals surface area contributed by atoms with Gasteiger partial charge in [0.2, 0.25) is 0 Å². The van der Waals surface area contributed by atoms with Gasteiger partial charge in [-0.05, 0) is 30.9 Å². The number of benzene rings is 1. The molecule has 0 aromatic heterocycles. The third-order valence-corrected chi connectivity index (χ3v) is 4.14. The van der Waals surface area contributed by atoms with Crippen molar-refractivity contribution in [2.75, 3.05) is 43.5 Å². The molecular weight excluding hydrogens is 254 g/mol. The van der Waals surface area contributed by atoms with Gasteiger partial charge in [0.1, 0.15) is 0 Å². The summed E-state index contributed by atoms with van der Waals surface area (Å²) in [5, 5.41) is 0. The van der Waals surface area contributed by atoms with Gasteiger partial charge in [-0.3, -0.25) is 4.90 Å². The van der Waals surface area contributed by atoms with Crippen molar-refractivity contribution >= 4 is 17.4 Å². The molecule has 2 N–H and O–H groups in total. The number of carbonyl (C=O) groups excluding carboxylic acids is 1. The van der Waals surface area contributed by atoms with E-state index < -0.39 is 0 Å². The molecule has 20 heavy (non-hydrogen) atoms. The van der Waals surface area contributed by atoms with Gasteiger partial charge in [0.05, 0.1) is 11.4 Å². The Morgan fingerprint density at radius 1 is 1.20 bits per heavy atom. The Morgan fingerprint density at radius 3 is 2.70 bits per heavy atom. The SMILES string of the molecule is Nc1ccccc1N1CCN(CC2CCOCC2)C1=O. The van der Waals surface area contributed by atoms with Crippen molar-refractivity contribution in [3.63, 3.8) is 0 Å². The van der Waals surface area contributed by atoms with E-state index in [9.17, 15) is 4.79 Å². The van der Waals surface area contributed by atoms with E-state index in [1.165, 1.54) is 0 Å². The largest absolute Gasteiger partial charge is 0.397 e. The van der Waals surface area contributed by atoms with Crippen LogP contribution in [0, 0.1) is 5.92 Å². The van der Waals surface area contributed by atoms with Crippen molar-refractivity contribution < 1.29 is 9.53 Å². The molecule has 3 rings (SSSR count). The summed E-state index contributed by atoms with van der Waals surface area (Å²) in [6, 6.07) is 7.63. The minimum absolute atomic E-state index is 0.0781. The van der Waals surface area contributed by atoms with Crippen molar-refractivity contribution in [1.29, 1.82) is 0 Å². The Bertz CT molecular complexity index is 486. The molecule has 1 aromatic carbocycles. The van der Waals surface area contributed by atoms with Gasteiger partial charge in [-0.1, -0.05) is 12.1 Å². The first kappa shape index (κ1) is 13.2. The Morgan fingerprint density at radius 2 is 1.95 bits per heavy atom. The van der Waals surface area contributed by atoms with Crippen molar-refractivity contribution in [2.24, 2.45) is 5.92 Å². The zero-order valence-electron chi connectivity index (χ0n) is 11.6. The van der Waals surface area contributed by atoms with Crippen LogP contribution in [0.25, 0.3) is 0 Å². The first-order chi connectivity index (χ1) is 9.75. The average Bonchev–Trinajstić information content (AvgIpc) is 2.82. The number of nitrogens with zero attached hydrogens (tertiary/aromatic N) is 2. The van der Waals surface area contributed by atoms with Gasteiger partial charge < -0.3 is 15.4 Å². The second kappa shape index (κ2) is 5.71. The van der Waals surface area contributed by atoms with Crippen LogP contribution in [0.2, 0.25) is 0 Å². The number of amides is 2. The molecule has 0 aliphatic carbocycles. The zero-order chi connectivity index (χ0) is 13.9. The quantitative estimate of drug-likeness (QED) is 0.858. The highest BCUT2D eigenvalue weighted by molar-refractivity contribution is 5.97. The van der Waals surface area contributed by atoms with Gasteiger partial charge >= 0.3 is 6.03 Å². The van der Waals surface area contributed by atoms with E-state index in [0.29, 0.717) is 11.6 Å². The fraction of sp³-hybridized carbons (Fsp3) is 0.533. The van der Waals surface area contributed by atoms with Crippen LogP contribution in [-0.4, -0.2) is 43.8 Å². The lowest BCUT2D eigenvalue weighted by Gasteiger charge is -2.27. The summed E-state index contributed by atoms with van der Waals surface area (Å²) in [4.78, 5) is 16.2. The van der Waals surface area contributed by atoms with Crippen molar-refractivity contribution in [3.8, 4) is 0 Å². The number of hydrogen-bond acceptors (Lipinski definition) is 3. The fourth-order valence-electron chi connectivity index (χ4n) is 2.95. The summed E-state index contributed by atoms with van der Waals surface area (Å²) in [6.07, 6.45) is 2.11. The predicted octanol–water partition coefficient (Wildman–Crippen LogP) is 1.94. The maximum Gasteiger partial charge on any atom is 0.324 e. The van der Waals surface area contributed by atoms with Crippen LogP contribution in [0.3, 0.4) is 0 Å². The Balaban J connectivity index is 1.66. The number of carbonyl (C=O) groups is 1. The number of urea groups is 1. The van der Waals surface area contributed by atoms with Gasteiger partial charge in [0.25, 0.3) is 0 Å². The molecule has 2 fully saturated rings. The maximum atomic E-state index is 12.5. The fourth-order valence-corrected chi connectivity index (χ4v) is 2.95. The van der Waals surface area contributed by atoms with Gasteiger partial charge in [-0.25, -0.2) is 4.79 Å². The Kier molecular flexibility index (Phi) is 3.78. The lowest BCUT2D eigenvalue weighted by Crippen LogP contribution is -2.36. The first-order valence-electron chi connectivity index (χ1n) is 7.24. The smallest absolute Gasteiger partial charge is 0.324 e. The van der Waals surface area contributed by atoms with E-state index in [4.69, 9.17) is 10.5 Å². The van der Waals surface area contributed by atoms with Crippen molar-refractivity contribution in [1.82, 2.24) is 4.90 Å². The van der Waals surface area contributed by atoms with E-state index >= 15 is 0 Å². The Labute approximate surface area is 119 Å². The standard InChI is InChI=1S/C15H21N3O2/c16-13-3-1-2-4-14(13)18-8-7-17(15(18)19)11-12-5-9-20-10-6-12/h1-4,12H,5-11,16H2. The van der Waals surface area contributed by atoms with Crippen LogP contribution in [-0.2, 0) is 4.74 Å². The highest BCUT2D eigenvalue weighted by Crippen LogP contribution is 2.27. The molecular formula is C15H21N3O2. The molecule has 0 radical (unpaired) electrons. The molecule has 0 spiro atoms. The van der Waals surface area contributed by atoms with Crippen LogP contribution < -0.4 is 10.6 Å². The van der Waals surface area contributed by atoms with Crippen LogP contribution in [0.15, 0.2) is 24.3 Å². The third kappa shape index (κ3) is 2.58. The molecule has 0 atom stereocenters. The molecule has 5 nitrogen and oxygen atoms in total. The molecule has 5 heteroatoms. The summed E-state index contributed by atoms with van der Waals surface area (Å²) in [5.74, 6) is 0.570. The number of nitrogen functional groups attached to an aromatic ring is 1. The van der Waals surface area contributed by atoms with E-state index in [1.54, 1.807) is 4.90 Å². The summed E-state index contributed by atoms with van der Waals surface area (Å²) in [5.41, 5.74) is 7.45. The van der Waals surface area contributed by atoms with E-state index in [0.717, 1.165) is 51.4 Å². The van der Waals surface area contributed by atoms with Crippen LogP contribution in [0.1, 0.15) is 12.8 Å². The lowest BCUT2D eigenvalue weighted by atomic mass is 10.00.